The number of hydrogen-bond acceptors (Lipinski definition) is 3. The lowest BCUT2D eigenvalue weighted by Crippen LogP contribution is -2.47. The van der Waals surface area contributed by atoms with Crippen molar-refractivity contribution in [1.29, 1.82) is 0 Å². The van der Waals surface area contributed by atoms with Crippen molar-refractivity contribution in [3.05, 3.63) is 0 Å². The van der Waals surface area contributed by atoms with E-state index in [-0.39, 0.29) is 0 Å². The Bertz CT molecular complexity index is 258. The third kappa shape index (κ3) is 3.96. The van der Waals surface area contributed by atoms with Crippen molar-refractivity contribution in [3.63, 3.8) is 0 Å². The number of carboxylic acid groups (broad SMARTS) is 1. The summed E-state index contributed by atoms with van der Waals surface area (Å²) < 4.78 is 0. The molecule has 100 valence electrons. The van der Waals surface area contributed by atoms with Crippen LogP contribution in [0.3, 0.4) is 0 Å². The second-order valence-corrected chi connectivity index (χ2v) is 5.28. The van der Waals surface area contributed by atoms with Crippen molar-refractivity contribution in [2.75, 3.05) is 19.6 Å². The van der Waals surface area contributed by atoms with E-state index in [4.69, 9.17) is 10.8 Å². The minimum absolute atomic E-state index is 0.500. The molecule has 0 amide bonds. The molecule has 0 saturated carbocycles. The number of nitrogens with zero attached hydrogens (tertiary/aromatic N) is 1. The van der Waals surface area contributed by atoms with Gasteiger partial charge in [0.25, 0.3) is 0 Å². The maximum Gasteiger partial charge on any atom is 0.323 e. The summed E-state index contributed by atoms with van der Waals surface area (Å²) in [4.78, 5) is 13.5. The smallest absolute Gasteiger partial charge is 0.323 e. The van der Waals surface area contributed by atoms with E-state index in [1.54, 1.807) is 0 Å². The standard InChI is InChI=1S/C13H26N2O2/c1-3-11-6-9-15(10-11)8-5-7-13(14,4-2)12(16)17/h11H,3-10,14H2,1-2H3,(H,16,17). The van der Waals surface area contributed by atoms with Crippen LogP contribution in [0.1, 0.15) is 46.0 Å². The molecule has 3 N–H and O–H groups in total. The number of likely N-dealkylation sites (tertiary alicyclic amines) is 1. The van der Waals surface area contributed by atoms with E-state index in [0.29, 0.717) is 12.8 Å². The van der Waals surface area contributed by atoms with E-state index in [2.05, 4.69) is 11.8 Å². The quantitative estimate of drug-likeness (QED) is 0.713. The van der Waals surface area contributed by atoms with Gasteiger partial charge in [-0.1, -0.05) is 20.3 Å². The number of aliphatic carboxylic acids is 1. The highest BCUT2D eigenvalue weighted by molar-refractivity contribution is 5.78. The molecule has 0 aromatic rings. The lowest BCUT2D eigenvalue weighted by molar-refractivity contribution is -0.143. The molecule has 1 aliphatic heterocycles. The fraction of sp³-hybridized carbons (Fsp3) is 0.923. The van der Waals surface area contributed by atoms with E-state index >= 15 is 0 Å². The topological polar surface area (TPSA) is 66.6 Å². The Kier molecular flexibility index (Phi) is 5.40. The predicted octanol–water partition coefficient (Wildman–Crippen LogP) is 1.69. The van der Waals surface area contributed by atoms with Gasteiger partial charge in [-0.05, 0) is 44.7 Å². The monoisotopic (exact) mass is 242 g/mol. The Morgan fingerprint density at radius 2 is 2.24 bits per heavy atom. The summed E-state index contributed by atoms with van der Waals surface area (Å²) in [6.45, 7) is 7.41. The van der Waals surface area contributed by atoms with Crippen molar-refractivity contribution >= 4 is 5.97 Å². The van der Waals surface area contributed by atoms with Crippen LogP contribution in [0.15, 0.2) is 0 Å². The predicted molar refractivity (Wildman–Crippen MR) is 68.9 cm³/mol. The molecule has 4 heteroatoms. The van der Waals surface area contributed by atoms with Crippen LogP contribution in [0.25, 0.3) is 0 Å². The highest BCUT2D eigenvalue weighted by Crippen LogP contribution is 2.21. The molecule has 0 spiro atoms. The molecule has 0 bridgehead atoms. The summed E-state index contributed by atoms with van der Waals surface area (Å²) in [7, 11) is 0. The minimum Gasteiger partial charge on any atom is -0.480 e. The van der Waals surface area contributed by atoms with Crippen LogP contribution in [-0.4, -0.2) is 41.1 Å². The van der Waals surface area contributed by atoms with Gasteiger partial charge in [-0.2, -0.15) is 0 Å². The number of hydrogen-bond donors (Lipinski definition) is 2. The average Bonchev–Trinajstić information content (AvgIpc) is 2.76. The van der Waals surface area contributed by atoms with Crippen molar-refractivity contribution in [2.24, 2.45) is 11.7 Å². The second kappa shape index (κ2) is 6.36. The van der Waals surface area contributed by atoms with E-state index in [9.17, 15) is 4.79 Å². The Hall–Kier alpha value is -0.610. The average molecular weight is 242 g/mol. The molecule has 2 unspecified atom stereocenters. The van der Waals surface area contributed by atoms with Crippen LogP contribution in [0.2, 0.25) is 0 Å². The van der Waals surface area contributed by atoms with Crippen LogP contribution in [0.4, 0.5) is 0 Å². The first-order chi connectivity index (χ1) is 8.01. The largest absolute Gasteiger partial charge is 0.480 e. The summed E-state index contributed by atoms with van der Waals surface area (Å²) in [6, 6.07) is 0. The first-order valence-electron chi connectivity index (χ1n) is 6.76. The van der Waals surface area contributed by atoms with Gasteiger partial charge in [0.05, 0.1) is 0 Å². The molecule has 1 fully saturated rings. The molecule has 0 aromatic heterocycles. The molecule has 17 heavy (non-hydrogen) atoms. The molecule has 1 saturated heterocycles. The highest BCUT2D eigenvalue weighted by Gasteiger charge is 2.31. The first-order valence-corrected chi connectivity index (χ1v) is 6.76. The first kappa shape index (κ1) is 14.5. The van der Waals surface area contributed by atoms with Crippen LogP contribution in [0, 0.1) is 5.92 Å². The third-order valence-electron chi connectivity index (χ3n) is 4.10. The summed E-state index contributed by atoms with van der Waals surface area (Å²) >= 11 is 0. The van der Waals surface area contributed by atoms with Gasteiger partial charge in [0.2, 0.25) is 0 Å². The van der Waals surface area contributed by atoms with Crippen molar-refractivity contribution in [1.82, 2.24) is 4.90 Å². The Balaban J connectivity index is 2.26. The van der Waals surface area contributed by atoms with Crippen LogP contribution in [0.5, 0.6) is 0 Å². The molecule has 4 nitrogen and oxygen atoms in total. The van der Waals surface area contributed by atoms with Crippen molar-refractivity contribution in [3.8, 4) is 0 Å². The third-order valence-corrected chi connectivity index (χ3v) is 4.10. The fourth-order valence-electron chi connectivity index (χ4n) is 2.50. The molecule has 0 aromatic carbocycles. The molecule has 0 aliphatic carbocycles. The fourth-order valence-corrected chi connectivity index (χ4v) is 2.50. The van der Waals surface area contributed by atoms with Gasteiger partial charge < -0.3 is 15.7 Å². The van der Waals surface area contributed by atoms with E-state index in [1.165, 1.54) is 19.4 Å². The van der Waals surface area contributed by atoms with E-state index in [0.717, 1.165) is 25.4 Å². The van der Waals surface area contributed by atoms with Gasteiger partial charge in [0.1, 0.15) is 5.54 Å². The van der Waals surface area contributed by atoms with Crippen LogP contribution >= 0.6 is 0 Å². The Labute approximate surface area is 104 Å². The zero-order valence-electron chi connectivity index (χ0n) is 11.1. The van der Waals surface area contributed by atoms with Gasteiger partial charge >= 0.3 is 5.97 Å². The zero-order valence-corrected chi connectivity index (χ0v) is 11.1. The summed E-state index contributed by atoms with van der Waals surface area (Å²) in [5.41, 5.74) is 4.84. The van der Waals surface area contributed by atoms with E-state index in [1.807, 2.05) is 6.92 Å². The number of nitrogens with two attached hydrogens (primary N) is 1. The van der Waals surface area contributed by atoms with Crippen molar-refractivity contribution in [2.45, 2.75) is 51.5 Å². The van der Waals surface area contributed by atoms with Gasteiger partial charge in [-0.25, -0.2) is 0 Å². The minimum atomic E-state index is -1.02. The van der Waals surface area contributed by atoms with E-state index < -0.39 is 11.5 Å². The molecular formula is C13H26N2O2. The lowest BCUT2D eigenvalue weighted by Gasteiger charge is -2.24. The lowest BCUT2D eigenvalue weighted by atomic mass is 9.92. The maximum absolute atomic E-state index is 11.0. The van der Waals surface area contributed by atoms with Crippen LogP contribution < -0.4 is 5.73 Å². The molecule has 1 rings (SSSR count). The van der Waals surface area contributed by atoms with Crippen LogP contribution in [-0.2, 0) is 4.79 Å². The summed E-state index contributed by atoms with van der Waals surface area (Å²) in [5, 5.41) is 9.07. The number of carbonyl (C=O) groups is 1. The number of rotatable bonds is 7. The maximum atomic E-state index is 11.0. The zero-order chi connectivity index (χ0) is 12.9. The molecule has 0 radical (unpaired) electrons. The molecule has 1 heterocycles. The van der Waals surface area contributed by atoms with Crippen molar-refractivity contribution < 1.29 is 9.90 Å². The summed E-state index contributed by atoms with van der Waals surface area (Å²) in [6.07, 6.45) is 4.50. The molecular weight excluding hydrogens is 216 g/mol. The SMILES string of the molecule is CCC1CCN(CCCC(N)(CC)C(=O)O)C1. The van der Waals surface area contributed by atoms with Gasteiger partial charge in [-0.3, -0.25) is 4.79 Å². The normalized spacial score (nSPS) is 24.8. The van der Waals surface area contributed by atoms with Gasteiger partial charge in [0.15, 0.2) is 0 Å². The van der Waals surface area contributed by atoms with Gasteiger partial charge in [-0.15, -0.1) is 0 Å². The number of carboxylic acids is 1. The Morgan fingerprint density at radius 1 is 1.53 bits per heavy atom. The van der Waals surface area contributed by atoms with Gasteiger partial charge in [0, 0.05) is 6.54 Å². The molecule has 1 aliphatic rings. The Morgan fingerprint density at radius 3 is 2.71 bits per heavy atom. The highest BCUT2D eigenvalue weighted by atomic mass is 16.4. The molecule has 2 atom stereocenters. The summed E-state index contributed by atoms with van der Waals surface area (Å²) in [5.74, 6) is -0.0314. The second-order valence-electron chi connectivity index (χ2n) is 5.28.